The molecule has 0 radical (unpaired) electrons. The van der Waals surface area contributed by atoms with Gasteiger partial charge in [-0.15, -0.1) is 0 Å². The van der Waals surface area contributed by atoms with Crippen LogP contribution >= 0.6 is 23.2 Å². The second-order valence-electron chi connectivity index (χ2n) is 3.85. The highest BCUT2D eigenvalue weighted by molar-refractivity contribution is 6.42. The first-order valence-electron chi connectivity index (χ1n) is 5.67. The van der Waals surface area contributed by atoms with Crippen molar-refractivity contribution >= 4 is 34.7 Å². The molecule has 0 N–H and O–H groups in total. The van der Waals surface area contributed by atoms with E-state index in [1.807, 2.05) is 6.07 Å². The predicted octanol–water partition coefficient (Wildman–Crippen LogP) is 4.54. The number of carbonyl (C=O) groups excluding carboxylic acids is 1. The van der Waals surface area contributed by atoms with E-state index in [4.69, 9.17) is 33.0 Å². The molecular formula is C15H10Cl2O3. The lowest BCUT2D eigenvalue weighted by Gasteiger charge is -2.08. The fraction of sp³-hybridized carbons (Fsp3) is 0. The Morgan fingerprint density at radius 1 is 1.00 bits per heavy atom. The number of hydrogen-bond donors (Lipinski definition) is 0. The molecule has 0 fully saturated rings. The fourth-order valence-electron chi connectivity index (χ4n) is 1.44. The molecule has 0 bridgehead atoms. The zero-order chi connectivity index (χ0) is 14.5. The van der Waals surface area contributed by atoms with Gasteiger partial charge in [0.25, 0.3) is 0 Å². The lowest BCUT2D eigenvalue weighted by molar-refractivity contribution is -0.205. The van der Waals surface area contributed by atoms with Gasteiger partial charge >= 0.3 is 5.97 Å². The van der Waals surface area contributed by atoms with Crippen molar-refractivity contribution in [2.24, 2.45) is 0 Å². The molecule has 102 valence electrons. The largest absolute Gasteiger partial charge is 0.386 e. The third-order valence-corrected chi connectivity index (χ3v) is 3.29. The molecule has 0 spiro atoms. The van der Waals surface area contributed by atoms with E-state index in [0.29, 0.717) is 10.6 Å². The molecule has 3 nitrogen and oxygen atoms in total. The van der Waals surface area contributed by atoms with Crippen LogP contribution in [0.1, 0.15) is 5.56 Å². The molecule has 2 aromatic rings. The van der Waals surface area contributed by atoms with Gasteiger partial charge in [0.1, 0.15) is 5.02 Å². The van der Waals surface area contributed by atoms with Gasteiger partial charge in [0.2, 0.25) is 0 Å². The lowest BCUT2D eigenvalue weighted by atomic mass is 10.1. The van der Waals surface area contributed by atoms with Crippen LogP contribution < -0.4 is 4.89 Å². The van der Waals surface area contributed by atoms with Crippen LogP contribution in [0, 0.1) is 0 Å². The van der Waals surface area contributed by atoms with E-state index in [0.717, 1.165) is 0 Å². The Kier molecular flexibility index (Phi) is 4.66. The van der Waals surface area contributed by atoms with Crippen LogP contribution in [0.2, 0.25) is 10.0 Å². The SMILES string of the molecule is C=C(C(=O)OOc1cccc(Cl)c1Cl)c1ccccc1. The van der Waals surface area contributed by atoms with E-state index < -0.39 is 5.97 Å². The number of hydrogen-bond acceptors (Lipinski definition) is 3. The zero-order valence-electron chi connectivity index (χ0n) is 10.3. The van der Waals surface area contributed by atoms with Crippen LogP contribution in [0.25, 0.3) is 5.57 Å². The van der Waals surface area contributed by atoms with Crippen molar-refractivity contribution < 1.29 is 14.6 Å². The van der Waals surface area contributed by atoms with Gasteiger partial charge in [0.15, 0.2) is 5.75 Å². The molecular weight excluding hydrogens is 299 g/mol. The molecule has 0 heterocycles. The van der Waals surface area contributed by atoms with Crippen LogP contribution in [0.4, 0.5) is 0 Å². The number of benzene rings is 2. The average molecular weight is 309 g/mol. The average Bonchev–Trinajstić information content (AvgIpc) is 2.48. The highest BCUT2D eigenvalue weighted by atomic mass is 35.5. The molecule has 0 aliphatic heterocycles. The first-order chi connectivity index (χ1) is 9.59. The quantitative estimate of drug-likeness (QED) is 0.472. The molecule has 20 heavy (non-hydrogen) atoms. The molecule has 0 saturated heterocycles. The fourth-order valence-corrected chi connectivity index (χ4v) is 1.76. The smallest absolute Gasteiger partial charge is 0.285 e. The molecule has 5 heteroatoms. The van der Waals surface area contributed by atoms with Crippen molar-refractivity contribution in [3.05, 3.63) is 70.7 Å². The Morgan fingerprint density at radius 3 is 2.40 bits per heavy atom. The maximum Gasteiger partial charge on any atom is 0.386 e. The molecule has 0 aliphatic rings. The Bertz CT molecular complexity index is 639. The van der Waals surface area contributed by atoms with Gasteiger partial charge in [-0.25, -0.2) is 9.68 Å². The Balaban J connectivity index is 2.02. The molecule has 0 saturated carbocycles. The Labute approximate surface area is 126 Å². The first kappa shape index (κ1) is 14.4. The van der Waals surface area contributed by atoms with Gasteiger partial charge in [-0.05, 0) is 17.7 Å². The number of halogens is 2. The summed E-state index contributed by atoms with van der Waals surface area (Å²) >= 11 is 11.7. The maximum absolute atomic E-state index is 11.8. The van der Waals surface area contributed by atoms with Crippen LogP contribution in [0.5, 0.6) is 5.75 Å². The maximum atomic E-state index is 11.8. The van der Waals surface area contributed by atoms with Crippen molar-refractivity contribution in [3.8, 4) is 5.75 Å². The summed E-state index contributed by atoms with van der Waals surface area (Å²) in [7, 11) is 0. The normalized spacial score (nSPS) is 9.90. The van der Waals surface area contributed by atoms with Crippen LogP contribution in [0.3, 0.4) is 0 Å². The topological polar surface area (TPSA) is 35.5 Å². The zero-order valence-corrected chi connectivity index (χ0v) is 11.8. The van der Waals surface area contributed by atoms with Crippen molar-refractivity contribution in [1.82, 2.24) is 0 Å². The van der Waals surface area contributed by atoms with E-state index in [1.165, 1.54) is 6.07 Å². The summed E-state index contributed by atoms with van der Waals surface area (Å²) < 4.78 is 0. The van der Waals surface area contributed by atoms with Gasteiger partial charge in [0, 0.05) is 0 Å². The van der Waals surface area contributed by atoms with E-state index >= 15 is 0 Å². The molecule has 2 rings (SSSR count). The molecule has 0 aliphatic carbocycles. The third kappa shape index (κ3) is 3.32. The van der Waals surface area contributed by atoms with Gasteiger partial charge < -0.3 is 0 Å². The van der Waals surface area contributed by atoms with Crippen molar-refractivity contribution in [2.75, 3.05) is 0 Å². The van der Waals surface area contributed by atoms with E-state index in [9.17, 15) is 4.79 Å². The van der Waals surface area contributed by atoms with Gasteiger partial charge in [0.05, 0.1) is 10.6 Å². The monoisotopic (exact) mass is 308 g/mol. The van der Waals surface area contributed by atoms with Crippen LogP contribution in [0.15, 0.2) is 55.1 Å². The minimum atomic E-state index is -0.702. The summed E-state index contributed by atoms with van der Waals surface area (Å²) in [6.45, 7) is 3.66. The summed E-state index contributed by atoms with van der Waals surface area (Å²) in [6, 6.07) is 13.7. The van der Waals surface area contributed by atoms with Gasteiger partial charge in [-0.2, -0.15) is 0 Å². The highest BCUT2D eigenvalue weighted by Crippen LogP contribution is 2.31. The van der Waals surface area contributed by atoms with E-state index in [1.54, 1.807) is 36.4 Å². The summed E-state index contributed by atoms with van der Waals surface area (Å²) in [6.07, 6.45) is 0. The van der Waals surface area contributed by atoms with E-state index in [-0.39, 0.29) is 16.3 Å². The number of rotatable bonds is 4. The molecule has 0 atom stereocenters. The first-order valence-corrected chi connectivity index (χ1v) is 6.42. The number of carbonyl (C=O) groups is 1. The summed E-state index contributed by atoms with van der Waals surface area (Å²) in [5.41, 5.74) is 0.835. The second kappa shape index (κ2) is 6.46. The minimum Gasteiger partial charge on any atom is -0.285 e. The van der Waals surface area contributed by atoms with Crippen LogP contribution in [-0.4, -0.2) is 5.97 Å². The van der Waals surface area contributed by atoms with Crippen molar-refractivity contribution in [1.29, 1.82) is 0 Å². The summed E-state index contributed by atoms with van der Waals surface area (Å²) in [5, 5.41) is 0.481. The third-order valence-electron chi connectivity index (χ3n) is 2.49. The lowest BCUT2D eigenvalue weighted by Crippen LogP contribution is -2.09. The minimum absolute atomic E-state index is 0.161. The summed E-state index contributed by atoms with van der Waals surface area (Å²) in [5.74, 6) is -0.541. The standard InChI is InChI=1S/C15H10Cl2O3/c1-10(11-6-3-2-4-7-11)15(18)20-19-13-9-5-8-12(16)14(13)17/h2-9H,1H2. The van der Waals surface area contributed by atoms with Gasteiger partial charge in [-0.1, -0.05) is 66.2 Å². The highest BCUT2D eigenvalue weighted by Gasteiger charge is 2.14. The summed E-state index contributed by atoms with van der Waals surface area (Å²) in [4.78, 5) is 21.4. The molecule has 0 unspecified atom stereocenters. The van der Waals surface area contributed by atoms with Crippen molar-refractivity contribution in [2.45, 2.75) is 0 Å². The van der Waals surface area contributed by atoms with Crippen molar-refractivity contribution in [3.63, 3.8) is 0 Å². The second-order valence-corrected chi connectivity index (χ2v) is 4.64. The molecule has 0 amide bonds. The predicted molar refractivity (Wildman–Crippen MR) is 78.7 cm³/mol. The van der Waals surface area contributed by atoms with E-state index in [2.05, 4.69) is 6.58 Å². The van der Waals surface area contributed by atoms with Crippen LogP contribution in [-0.2, 0) is 9.68 Å². The molecule has 0 aromatic heterocycles. The Hall–Kier alpha value is -1.97. The molecule has 2 aromatic carbocycles. The Morgan fingerprint density at radius 2 is 1.70 bits per heavy atom. The van der Waals surface area contributed by atoms with Gasteiger partial charge in [-0.3, -0.25) is 4.89 Å².